The van der Waals surface area contributed by atoms with Gasteiger partial charge in [0.2, 0.25) is 0 Å². The van der Waals surface area contributed by atoms with E-state index in [2.05, 4.69) is 15.5 Å². The summed E-state index contributed by atoms with van der Waals surface area (Å²) in [6.07, 6.45) is 0.891. The molecule has 0 amide bonds. The molecule has 1 aromatic rings. The average Bonchev–Trinajstić information content (AvgIpc) is 2.07. The number of anilines is 1. The summed E-state index contributed by atoms with van der Waals surface area (Å²) in [4.78, 5) is 10.9. The summed E-state index contributed by atoms with van der Waals surface area (Å²) >= 11 is 5.65. The molecule has 1 aromatic heterocycles. The third-order valence-electron chi connectivity index (χ3n) is 1.38. The molecule has 72 valence electrons. The molecule has 1 atom stereocenters. The molecular weight excluding hydrogens is 194 g/mol. The minimum atomic E-state index is -0.504. The van der Waals surface area contributed by atoms with Crippen LogP contribution < -0.4 is 10.9 Å². The van der Waals surface area contributed by atoms with Crippen molar-refractivity contribution in [3.05, 3.63) is 21.6 Å². The van der Waals surface area contributed by atoms with Crippen molar-refractivity contribution in [3.8, 4) is 0 Å². The highest BCUT2D eigenvalue weighted by Crippen LogP contribution is 2.13. The second-order valence-corrected chi connectivity index (χ2v) is 3.03. The van der Waals surface area contributed by atoms with Crippen LogP contribution in [0.4, 0.5) is 5.69 Å². The molecule has 5 nitrogen and oxygen atoms in total. The molecule has 0 aliphatic carbocycles. The highest BCUT2D eigenvalue weighted by Gasteiger charge is 2.04. The molecule has 1 unspecified atom stereocenters. The number of nitrogens with zero attached hydrogens (tertiary/aromatic N) is 1. The standard InChI is InChI=1S/C7H10ClN3O2/c1-4(12)2-9-5-3-10-11-7(13)6(5)8/h3-4,12H,2H2,1H3,(H2,9,11,13). The minimum absolute atomic E-state index is 0.0515. The second-order valence-electron chi connectivity index (χ2n) is 2.66. The van der Waals surface area contributed by atoms with Crippen molar-refractivity contribution in [2.75, 3.05) is 11.9 Å². The summed E-state index contributed by atoms with van der Waals surface area (Å²) in [6, 6.07) is 0. The first kappa shape index (κ1) is 10.0. The van der Waals surface area contributed by atoms with Gasteiger partial charge in [-0.05, 0) is 6.92 Å². The van der Waals surface area contributed by atoms with Gasteiger partial charge in [-0.15, -0.1) is 0 Å². The van der Waals surface area contributed by atoms with E-state index >= 15 is 0 Å². The molecule has 0 fully saturated rings. The molecule has 1 rings (SSSR count). The zero-order valence-electron chi connectivity index (χ0n) is 7.04. The fourth-order valence-corrected chi connectivity index (χ4v) is 0.922. The van der Waals surface area contributed by atoms with Crippen LogP contribution in [0, 0.1) is 0 Å². The van der Waals surface area contributed by atoms with Crippen molar-refractivity contribution in [1.29, 1.82) is 0 Å². The van der Waals surface area contributed by atoms with Crippen molar-refractivity contribution >= 4 is 17.3 Å². The third-order valence-corrected chi connectivity index (χ3v) is 1.76. The van der Waals surface area contributed by atoms with Gasteiger partial charge in [-0.2, -0.15) is 5.10 Å². The van der Waals surface area contributed by atoms with Crippen LogP contribution in [0.3, 0.4) is 0 Å². The van der Waals surface area contributed by atoms with E-state index in [9.17, 15) is 4.79 Å². The topological polar surface area (TPSA) is 78.0 Å². The maximum Gasteiger partial charge on any atom is 0.285 e. The molecule has 0 bridgehead atoms. The van der Waals surface area contributed by atoms with E-state index in [1.54, 1.807) is 6.92 Å². The second kappa shape index (κ2) is 4.25. The van der Waals surface area contributed by atoms with E-state index in [1.165, 1.54) is 6.20 Å². The fourth-order valence-electron chi connectivity index (χ4n) is 0.764. The Balaban J connectivity index is 2.77. The summed E-state index contributed by atoms with van der Waals surface area (Å²) < 4.78 is 0. The molecule has 13 heavy (non-hydrogen) atoms. The zero-order valence-corrected chi connectivity index (χ0v) is 7.80. The number of aliphatic hydroxyl groups excluding tert-OH is 1. The third kappa shape index (κ3) is 2.71. The highest BCUT2D eigenvalue weighted by molar-refractivity contribution is 6.32. The molecule has 3 N–H and O–H groups in total. The van der Waals surface area contributed by atoms with Crippen LogP contribution in [0.5, 0.6) is 0 Å². The van der Waals surface area contributed by atoms with Gasteiger partial charge in [0, 0.05) is 6.54 Å². The van der Waals surface area contributed by atoms with Crippen LogP contribution in [0.1, 0.15) is 6.92 Å². The lowest BCUT2D eigenvalue weighted by molar-refractivity contribution is 0.208. The van der Waals surface area contributed by atoms with Crippen molar-refractivity contribution in [2.45, 2.75) is 13.0 Å². The van der Waals surface area contributed by atoms with Gasteiger partial charge in [0.1, 0.15) is 5.02 Å². The fraction of sp³-hybridized carbons (Fsp3) is 0.429. The Bertz CT molecular complexity index is 337. The lowest BCUT2D eigenvalue weighted by Crippen LogP contribution is -2.18. The van der Waals surface area contributed by atoms with Crippen LogP contribution >= 0.6 is 11.6 Å². The largest absolute Gasteiger partial charge is 0.392 e. The van der Waals surface area contributed by atoms with Crippen LogP contribution in [0.2, 0.25) is 5.02 Å². The lowest BCUT2D eigenvalue weighted by atomic mass is 10.4. The van der Waals surface area contributed by atoms with Gasteiger partial charge in [0.15, 0.2) is 0 Å². The van der Waals surface area contributed by atoms with Crippen molar-refractivity contribution in [2.24, 2.45) is 0 Å². The number of rotatable bonds is 3. The number of aromatic amines is 1. The Kier molecular flexibility index (Phi) is 3.27. The predicted molar refractivity (Wildman–Crippen MR) is 50.0 cm³/mol. The molecule has 0 aliphatic rings. The van der Waals surface area contributed by atoms with Crippen LogP contribution in [-0.4, -0.2) is 28.0 Å². The molecule has 0 spiro atoms. The van der Waals surface area contributed by atoms with Gasteiger partial charge < -0.3 is 10.4 Å². The SMILES string of the molecule is CC(O)CNc1cn[nH]c(=O)c1Cl. The number of hydrogen-bond acceptors (Lipinski definition) is 4. The maximum absolute atomic E-state index is 10.9. The maximum atomic E-state index is 10.9. The molecule has 0 saturated heterocycles. The number of H-pyrrole nitrogens is 1. The number of nitrogens with one attached hydrogen (secondary N) is 2. The van der Waals surface area contributed by atoms with Gasteiger partial charge in [0.25, 0.3) is 5.56 Å². The zero-order chi connectivity index (χ0) is 9.84. The van der Waals surface area contributed by atoms with Gasteiger partial charge in [-0.3, -0.25) is 4.79 Å². The monoisotopic (exact) mass is 203 g/mol. The molecule has 0 aromatic carbocycles. The Morgan fingerprint density at radius 2 is 2.54 bits per heavy atom. The molecular formula is C7H10ClN3O2. The van der Waals surface area contributed by atoms with Gasteiger partial charge in [-0.25, -0.2) is 5.10 Å². The normalized spacial score (nSPS) is 12.5. The van der Waals surface area contributed by atoms with Crippen LogP contribution in [0.25, 0.3) is 0 Å². The van der Waals surface area contributed by atoms with E-state index in [4.69, 9.17) is 16.7 Å². The molecule has 0 aliphatic heterocycles. The number of hydrogen-bond donors (Lipinski definition) is 3. The van der Waals surface area contributed by atoms with E-state index in [1.807, 2.05) is 0 Å². The van der Waals surface area contributed by atoms with Gasteiger partial charge >= 0.3 is 0 Å². The Morgan fingerprint density at radius 1 is 1.85 bits per heavy atom. The summed E-state index contributed by atoms with van der Waals surface area (Å²) in [7, 11) is 0. The first-order chi connectivity index (χ1) is 6.11. The highest BCUT2D eigenvalue weighted by atomic mass is 35.5. The average molecular weight is 204 g/mol. The molecule has 1 heterocycles. The lowest BCUT2D eigenvalue weighted by Gasteiger charge is -2.07. The van der Waals surface area contributed by atoms with Gasteiger partial charge in [0.05, 0.1) is 18.0 Å². The van der Waals surface area contributed by atoms with Crippen molar-refractivity contribution < 1.29 is 5.11 Å². The van der Waals surface area contributed by atoms with Crippen molar-refractivity contribution in [3.63, 3.8) is 0 Å². The van der Waals surface area contributed by atoms with E-state index in [0.29, 0.717) is 12.2 Å². The van der Waals surface area contributed by atoms with Crippen LogP contribution in [-0.2, 0) is 0 Å². The Hall–Kier alpha value is -1.07. The summed E-state index contributed by atoms with van der Waals surface area (Å²) in [5, 5.41) is 17.5. The predicted octanol–water partition coefficient (Wildman–Crippen LogP) is 0.216. The smallest absolute Gasteiger partial charge is 0.285 e. The molecule has 6 heteroatoms. The first-order valence-electron chi connectivity index (χ1n) is 3.76. The Labute approximate surface area is 79.7 Å². The molecule has 0 saturated carbocycles. The number of halogens is 1. The number of aliphatic hydroxyl groups is 1. The van der Waals surface area contributed by atoms with E-state index in [0.717, 1.165) is 0 Å². The van der Waals surface area contributed by atoms with E-state index in [-0.39, 0.29) is 5.02 Å². The minimum Gasteiger partial charge on any atom is -0.392 e. The van der Waals surface area contributed by atoms with Crippen LogP contribution in [0.15, 0.2) is 11.0 Å². The summed E-state index contributed by atoms with van der Waals surface area (Å²) in [5.74, 6) is 0. The molecule has 0 radical (unpaired) electrons. The first-order valence-corrected chi connectivity index (χ1v) is 4.14. The Morgan fingerprint density at radius 3 is 3.15 bits per heavy atom. The number of aromatic nitrogens is 2. The summed E-state index contributed by atoms with van der Waals surface area (Å²) in [5.41, 5.74) is -0.0245. The van der Waals surface area contributed by atoms with E-state index < -0.39 is 11.7 Å². The summed E-state index contributed by atoms with van der Waals surface area (Å²) in [6.45, 7) is 1.95. The van der Waals surface area contributed by atoms with Gasteiger partial charge in [-0.1, -0.05) is 11.6 Å². The quantitative estimate of drug-likeness (QED) is 0.657. The van der Waals surface area contributed by atoms with Crippen molar-refractivity contribution in [1.82, 2.24) is 10.2 Å².